The van der Waals surface area contributed by atoms with Crippen LogP contribution in [-0.2, 0) is 14.4 Å². The second-order valence-corrected chi connectivity index (χ2v) is 17.9. The van der Waals surface area contributed by atoms with Crippen molar-refractivity contribution in [1.82, 2.24) is 36.8 Å². The molecule has 0 atom stereocenters. The van der Waals surface area contributed by atoms with E-state index < -0.39 is 0 Å². The zero-order valence-electron chi connectivity index (χ0n) is 41.0. The lowest BCUT2D eigenvalue weighted by molar-refractivity contribution is -0.122. The van der Waals surface area contributed by atoms with E-state index in [1.165, 1.54) is 173 Å². The molecule has 0 saturated heterocycles. The fourth-order valence-electron chi connectivity index (χ4n) is 7.81. The summed E-state index contributed by atoms with van der Waals surface area (Å²) in [6.07, 6.45) is 40.6. The minimum Gasteiger partial charge on any atom is -0.356 e. The molecule has 0 aliphatic carbocycles. The average molecular weight is 864 g/mol. The molecule has 362 valence electrons. The molecule has 0 aromatic heterocycles. The highest BCUT2D eigenvalue weighted by atomic mass is 16.2. The zero-order valence-corrected chi connectivity index (χ0v) is 41.0. The van der Waals surface area contributed by atoms with Gasteiger partial charge in [-0.25, -0.2) is 0 Å². The monoisotopic (exact) mass is 864 g/mol. The second kappa shape index (κ2) is 50.9. The summed E-state index contributed by atoms with van der Waals surface area (Å²) in [4.78, 5) is 39.7. The lowest BCUT2D eigenvalue weighted by Crippen LogP contribution is -2.40. The average Bonchev–Trinajstić information content (AvgIpc) is 3.26. The van der Waals surface area contributed by atoms with Crippen molar-refractivity contribution in [2.24, 2.45) is 0 Å². The summed E-state index contributed by atoms with van der Waals surface area (Å²) in [6, 6.07) is 0. The number of nitrogens with one attached hydrogen (secondary N) is 6. The largest absolute Gasteiger partial charge is 0.356 e. The standard InChI is InChI=1S/C51H105N7O3/c1-4-7-10-13-16-19-22-25-28-31-37-55-49(59)34-40-52-42-43-54-45-48-58(46-36-51(61)57-39-33-30-27-24-21-18-15-12-9-6-3)47-44-53-41-35-50(60)56-38-32-29-26-23-20-17-14-11-8-5-2/h52-54H,4-48H2,1-3H3,(H,55,59)(H,56,60)(H,57,61). The van der Waals surface area contributed by atoms with Crippen molar-refractivity contribution in [1.29, 1.82) is 0 Å². The number of hydrogen-bond acceptors (Lipinski definition) is 7. The molecule has 0 aliphatic heterocycles. The summed E-state index contributed by atoms with van der Waals surface area (Å²) in [5.74, 6) is 0.401. The highest BCUT2D eigenvalue weighted by molar-refractivity contribution is 5.76. The summed E-state index contributed by atoms with van der Waals surface area (Å²) in [5, 5.41) is 19.7. The predicted octanol–water partition coefficient (Wildman–Crippen LogP) is 10.3. The molecule has 0 bridgehead atoms. The van der Waals surface area contributed by atoms with Crippen molar-refractivity contribution >= 4 is 17.7 Å². The van der Waals surface area contributed by atoms with Crippen LogP contribution in [0.1, 0.15) is 233 Å². The van der Waals surface area contributed by atoms with Gasteiger partial charge in [0.25, 0.3) is 0 Å². The van der Waals surface area contributed by atoms with Crippen molar-refractivity contribution in [2.45, 2.75) is 233 Å². The first-order valence-corrected chi connectivity index (χ1v) is 26.7. The predicted molar refractivity (Wildman–Crippen MR) is 263 cm³/mol. The molecule has 0 aliphatic rings. The van der Waals surface area contributed by atoms with E-state index in [0.29, 0.717) is 32.4 Å². The quantitative estimate of drug-likeness (QED) is 0.0336. The van der Waals surface area contributed by atoms with Gasteiger partial charge in [-0.05, 0) is 19.3 Å². The van der Waals surface area contributed by atoms with Crippen LogP contribution in [0.15, 0.2) is 0 Å². The van der Waals surface area contributed by atoms with E-state index in [2.05, 4.69) is 57.6 Å². The van der Waals surface area contributed by atoms with Gasteiger partial charge in [-0.2, -0.15) is 0 Å². The van der Waals surface area contributed by atoms with Gasteiger partial charge >= 0.3 is 0 Å². The fraction of sp³-hybridized carbons (Fsp3) is 0.941. The summed E-state index contributed by atoms with van der Waals surface area (Å²) in [5.41, 5.74) is 0. The Hall–Kier alpha value is -1.75. The van der Waals surface area contributed by atoms with Gasteiger partial charge in [0.05, 0.1) is 0 Å². The number of amides is 3. The molecule has 0 spiro atoms. The van der Waals surface area contributed by atoms with Crippen molar-refractivity contribution in [2.75, 3.05) is 78.5 Å². The van der Waals surface area contributed by atoms with Crippen LogP contribution < -0.4 is 31.9 Å². The number of rotatable bonds is 51. The van der Waals surface area contributed by atoms with Gasteiger partial charge in [0, 0.05) is 97.8 Å². The van der Waals surface area contributed by atoms with E-state index in [1.54, 1.807) is 0 Å². The smallest absolute Gasteiger partial charge is 0.221 e. The van der Waals surface area contributed by atoms with Gasteiger partial charge in [0.1, 0.15) is 0 Å². The normalized spacial score (nSPS) is 11.4. The van der Waals surface area contributed by atoms with E-state index in [0.717, 1.165) is 84.7 Å². The Labute approximate surface area is 379 Å². The Balaban J connectivity index is 4.20. The van der Waals surface area contributed by atoms with Crippen molar-refractivity contribution in [3.05, 3.63) is 0 Å². The Morgan fingerprint density at radius 1 is 0.279 bits per heavy atom. The topological polar surface area (TPSA) is 127 Å². The van der Waals surface area contributed by atoms with Crippen molar-refractivity contribution in [3.63, 3.8) is 0 Å². The number of carbonyl (C=O) groups excluding carboxylic acids is 3. The third kappa shape index (κ3) is 49.1. The minimum absolute atomic E-state index is 0.127. The first kappa shape index (κ1) is 59.2. The Morgan fingerprint density at radius 2 is 0.541 bits per heavy atom. The molecule has 0 heterocycles. The summed E-state index contributed by atoms with van der Waals surface area (Å²) in [7, 11) is 0. The van der Waals surface area contributed by atoms with Crippen LogP contribution in [0.2, 0.25) is 0 Å². The van der Waals surface area contributed by atoms with E-state index >= 15 is 0 Å². The molecule has 0 unspecified atom stereocenters. The van der Waals surface area contributed by atoms with Crippen molar-refractivity contribution < 1.29 is 14.4 Å². The van der Waals surface area contributed by atoms with Crippen LogP contribution in [0.25, 0.3) is 0 Å². The van der Waals surface area contributed by atoms with Gasteiger partial charge < -0.3 is 36.8 Å². The molecular weight excluding hydrogens is 759 g/mol. The first-order chi connectivity index (χ1) is 30.0. The molecular formula is C51H105N7O3. The first-order valence-electron chi connectivity index (χ1n) is 26.7. The molecule has 6 N–H and O–H groups in total. The molecule has 10 heteroatoms. The molecule has 61 heavy (non-hydrogen) atoms. The highest BCUT2D eigenvalue weighted by Crippen LogP contribution is 2.12. The van der Waals surface area contributed by atoms with Gasteiger partial charge in [-0.15, -0.1) is 0 Å². The number of carbonyl (C=O) groups is 3. The van der Waals surface area contributed by atoms with E-state index in [1.807, 2.05) is 0 Å². The molecule has 0 rings (SSSR count). The number of nitrogens with zero attached hydrogens (tertiary/aromatic N) is 1. The van der Waals surface area contributed by atoms with Crippen LogP contribution in [-0.4, -0.2) is 101 Å². The molecule has 0 aromatic rings. The molecule has 0 aromatic carbocycles. The minimum atomic E-state index is 0.127. The van der Waals surface area contributed by atoms with Gasteiger partial charge in [-0.3, -0.25) is 14.4 Å². The Bertz CT molecular complexity index is 925. The summed E-state index contributed by atoms with van der Waals surface area (Å²) < 4.78 is 0. The zero-order chi connectivity index (χ0) is 44.4. The van der Waals surface area contributed by atoms with Crippen LogP contribution in [0.3, 0.4) is 0 Å². The van der Waals surface area contributed by atoms with E-state index in [-0.39, 0.29) is 17.7 Å². The molecule has 10 nitrogen and oxygen atoms in total. The molecule has 3 amide bonds. The van der Waals surface area contributed by atoms with Crippen LogP contribution >= 0.6 is 0 Å². The fourth-order valence-corrected chi connectivity index (χ4v) is 7.81. The van der Waals surface area contributed by atoms with Gasteiger partial charge in [-0.1, -0.05) is 194 Å². The summed E-state index contributed by atoms with van der Waals surface area (Å²) in [6.45, 7) is 16.2. The summed E-state index contributed by atoms with van der Waals surface area (Å²) >= 11 is 0. The lowest BCUT2D eigenvalue weighted by Gasteiger charge is -2.22. The maximum Gasteiger partial charge on any atom is 0.221 e. The lowest BCUT2D eigenvalue weighted by atomic mass is 10.1. The van der Waals surface area contributed by atoms with Crippen LogP contribution in [0, 0.1) is 0 Å². The molecule has 0 radical (unpaired) electrons. The van der Waals surface area contributed by atoms with Crippen molar-refractivity contribution in [3.8, 4) is 0 Å². The second-order valence-electron chi connectivity index (χ2n) is 17.9. The number of unbranched alkanes of at least 4 members (excludes halogenated alkanes) is 27. The Kier molecular flexibility index (Phi) is 49.4. The third-order valence-electron chi connectivity index (χ3n) is 12.0. The third-order valence-corrected chi connectivity index (χ3v) is 12.0. The SMILES string of the molecule is CCCCCCCCCCCCNC(=O)CCNCCNCCN(CCNCCC(=O)NCCCCCCCCCCCC)CCC(=O)NCCCCCCCCCCCC. The maximum atomic E-state index is 12.7. The maximum absolute atomic E-state index is 12.7. The van der Waals surface area contributed by atoms with Gasteiger partial charge in [0.2, 0.25) is 17.7 Å². The van der Waals surface area contributed by atoms with E-state index in [9.17, 15) is 14.4 Å². The Morgan fingerprint density at radius 3 is 0.869 bits per heavy atom. The van der Waals surface area contributed by atoms with Crippen LogP contribution in [0.5, 0.6) is 0 Å². The van der Waals surface area contributed by atoms with Gasteiger partial charge in [0.15, 0.2) is 0 Å². The number of hydrogen-bond donors (Lipinski definition) is 6. The molecule has 0 saturated carbocycles. The van der Waals surface area contributed by atoms with E-state index in [4.69, 9.17) is 0 Å². The van der Waals surface area contributed by atoms with Crippen LogP contribution in [0.4, 0.5) is 0 Å². The molecule has 0 fully saturated rings. The highest BCUT2D eigenvalue weighted by Gasteiger charge is 2.09.